The van der Waals surface area contributed by atoms with Gasteiger partial charge in [-0.15, -0.1) is 0 Å². The Morgan fingerprint density at radius 2 is 1.50 bits per heavy atom. The smallest absolute Gasteiger partial charge is 0.328 e. The molecule has 0 fully saturated rings. The number of benzene rings is 1. The average Bonchev–Trinajstić information content (AvgIpc) is 2.65. The summed E-state index contributed by atoms with van der Waals surface area (Å²) in [6.07, 6.45) is -0.511. The van der Waals surface area contributed by atoms with E-state index in [1.807, 2.05) is 37.3 Å². The molecule has 0 saturated carbocycles. The van der Waals surface area contributed by atoms with Gasteiger partial charge in [-0.2, -0.15) is 0 Å². The van der Waals surface area contributed by atoms with Crippen molar-refractivity contribution >= 4 is 23.8 Å². The van der Waals surface area contributed by atoms with E-state index < -0.39 is 23.9 Å². The Hall–Kier alpha value is -2.90. The van der Waals surface area contributed by atoms with E-state index in [-0.39, 0.29) is 31.2 Å². The van der Waals surface area contributed by atoms with Crippen molar-refractivity contribution in [1.29, 1.82) is 0 Å². The van der Waals surface area contributed by atoms with Crippen LogP contribution in [-0.4, -0.2) is 44.0 Å². The number of rotatable bonds is 9. The first kappa shape index (κ1) is 21.1. The molecule has 0 aromatic heterocycles. The number of ether oxygens (including phenoxy) is 2. The molecule has 0 spiro atoms. The van der Waals surface area contributed by atoms with Crippen LogP contribution in [0.2, 0.25) is 0 Å². The molecule has 2 atom stereocenters. The summed E-state index contributed by atoms with van der Waals surface area (Å²) in [7, 11) is 2.33. The standard InChI is InChI=1S/C18H24N2O6/c1-12(13-7-5-4-6-8-13)19-15(21)9-10-16(22)20-14(18(24)26-3)11-17(23)25-2/h4-8,12,14H,9-11H2,1-3H3,(H,19,21)(H,20,22)/t12-,14-/m1/s1. The van der Waals surface area contributed by atoms with Crippen molar-refractivity contribution in [1.82, 2.24) is 10.6 Å². The third kappa shape index (κ3) is 7.33. The van der Waals surface area contributed by atoms with Crippen LogP contribution in [0.3, 0.4) is 0 Å². The summed E-state index contributed by atoms with van der Waals surface area (Å²) in [4.78, 5) is 46.8. The van der Waals surface area contributed by atoms with Crippen molar-refractivity contribution < 1.29 is 28.7 Å². The molecule has 8 nitrogen and oxygen atoms in total. The zero-order chi connectivity index (χ0) is 19.5. The third-order valence-corrected chi connectivity index (χ3v) is 3.68. The van der Waals surface area contributed by atoms with Gasteiger partial charge in [-0.25, -0.2) is 4.79 Å². The summed E-state index contributed by atoms with van der Waals surface area (Å²) < 4.78 is 9.02. The van der Waals surface area contributed by atoms with Crippen molar-refractivity contribution in [2.75, 3.05) is 14.2 Å². The van der Waals surface area contributed by atoms with Gasteiger partial charge >= 0.3 is 11.9 Å². The molecule has 142 valence electrons. The summed E-state index contributed by atoms with van der Waals surface area (Å²) in [5, 5.41) is 5.17. The van der Waals surface area contributed by atoms with Crippen LogP contribution in [0.1, 0.15) is 37.8 Å². The zero-order valence-electron chi connectivity index (χ0n) is 15.1. The van der Waals surface area contributed by atoms with E-state index in [2.05, 4.69) is 20.1 Å². The highest BCUT2D eigenvalue weighted by molar-refractivity contribution is 5.89. The van der Waals surface area contributed by atoms with Gasteiger partial charge in [0, 0.05) is 12.8 Å². The minimum Gasteiger partial charge on any atom is -0.469 e. The predicted octanol–water partition coefficient (Wildman–Crippen LogP) is 0.865. The van der Waals surface area contributed by atoms with E-state index >= 15 is 0 Å². The van der Waals surface area contributed by atoms with E-state index in [9.17, 15) is 19.2 Å². The molecule has 2 N–H and O–H groups in total. The monoisotopic (exact) mass is 364 g/mol. The maximum atomic E-state index is 12.0. The van der Waals surface area contributed by atoms with Gasteiger partial charge in [-0.1, -0.05) is 30.3 Å². The topological polar surface area (TPSA) is 111 Å². The van der Waals surface area contributed by atoms with Crippen LogP contribution in [0.5, 0.6) is 0 Å². The minimum atomic E-state index is -1.15. The maximum absolute atomic E-state index is 12.0. The molecule has 0 unspecified atom stereocenters. The van der Waals surface area contributed by atoms with Gasteiger partial charge < -0.3 is 20.1 Å². The van der Waals surface area contributed by atoms with Crippen molar-refractivity contribution in [2.24, 2.45) is 0 Å². The van der Waals surface area contributed by atoms with Gasteiger partial charge in [0.25, 0.3) is 0 Å². The second-order valence-corrected chi connectivity index (χ2v) is 5.62. The quantitative estimate of drug-likeness (QED) is 0.629. The first-order valence-electron chi connectivity index (χ1n) is 8.15. The second-order valence-electron chi connectivity index (χ2n) is 5.62. The van der Waals surface area contributed by atoms with Crippen molar-refractivity contribution in [3.8, 4) is 0 Å². The number of carbonyl (C=O) groups is 4. The van der Waals surface area contributed by atoms with Gasteiger partial charge in [0.05, 0.1) is 26.7 Å². The average molecular weight is 364 g/mol. The molecule has 1 rings (SSSR count). The lowest BCUT2D eigenvalue weighted by Crippen LogP contribution is -2.43. The number of amides is 2. The molecule has 0 heterocycles. The lowest BCUT2D eigenvalue weighted by atomic mass is 10.1. The fourth-order valence-corrected chi connectivity index (χ4v) is 2.22. The number of nitrogens with one attached hydrogen (secondary N) is 2. The first-order valence-corrected chi connectivity index (χ1v) is 8.15. The van der Waals surface area contributed by atoms with Crippen LogP contribution in [0.4, 0.5) is 0 Å². The van der Waals surface area contributed by atoms with Gasteiger partial charge in [-0.3, -0.25) is 14.4 Å². The van der Waals surface area contributed by atoms with E-state index in [4.69, 9.17) is 0 Å². The number of methoxy groups -OCH3 is 2. The highest BCUT2D eigenvalue weighted by atomic mass is 16.5. The van der Waals surface area contributed by atoms with Gasteiger partial charge in [0.15, 0.2) is 0 Å². The van der Waals surface area contributed by atoms with Crippen LogP contribution < -0.4 is 10.6 Å². The largest absolute Gasteiger partial charge is 0.469 e. The van der Waals surface area contributed by atoms with Gasteiger partial charge in [0.1, 0.15) is 6.04 Å². The molecule has 0 radical (unpaired) electrons. The zero-order valence-corrected chi connectivity index (χ0v) is 15.1. The molecular weight excluding hydrogens is 340 g/mol. The Bertz CT molecular complexity index is 632. The van der Waals surface area contributed by atoms with Crippen LogP contribution in [-0.2, 0) is 28.7 Å². The van der Waals surface area contributed by atoms with Gasteiger partial charge in [0.2, 0.25) is 11.8 Å². The molecule has 0 saturated heterocycles. The summed E-state index contributed by atoms with van der Waals surface area (Å²) in [5.41, 5.74) is 0.953. The van der Waals surface area contributed by atoms with Crippen molar-refractivity contribution in [3.05, 3.63) is 35.9 Å². The molecular formula is C18H24N2O6. The lowest BCUT2D eigenvalue weighted by molar-refractivity contribution is -0.150. The lowest BCUT2D eigenvalue weighted by Gasteiger charge is -2.16. The highest BCUT2D eigenvalue weighted by Gasteiger charge is 2.25. The molecule has 26 heavy (non-hydrogen) atoms. The SMILES string of the molecule is COC(=O)C[C@@H](NC(=O)CCC(=O)N[C@H](C)c1ccccc1)C(=O)OC. The number of hydrogen-bond acceptors (Lipinski definition) is 6. The van der Waals surface area contributed by atoms with Crippen LogP contribution >= 0.6 is 0 Å². The van der Waals surface area contributed by atoms with Gasteiger partial charge in [-0.05, 0) is 12.5 Å². The summed E-state index contributed by atoms with van der Waals surface area (Å²) in [5.74, 6) is -2.24. The molecule has 0 aliphatic carbocycles. The number of esters is 2. The fraction of sp³-hybridized carbons (Fsp3) is 0.444. The molecule has 0 aliphatic rings. The number of hydrogen-bond donors (Lipinski definition) is 2. The second kappa shape index (κ2) is 10.9. The van der Waals surface area contributed by atoms with E-state index in [0.29, 0.717) is 0 Å². The Kier molecular flexibility index (Phi) is 8.83. The van der Waals surface area contributed by atoms with Crippen molar-refractivity contribution in [3.63, 3.8) is 0 Å². The Balaban J connectivity index is 2.47. The summed E-state index contributed by atoms with van der Waals surface area (Å²) >= 11 is 0. The highest BCUT2D eigenvalue weighted by Crippen LogP contribution is 2.11. The van der Waals surface area contributed by atoms with Crippen molar-refractivity contribution in [2.45, 2.75) is 38.3 Å². The summed E-state index contributed by atoms with van der Waals surface area (Å²) in [6, 6.07) is 8.09. The number of carbonyl (C=O) groups excluding carboxylic acids is 4. The van der Waals surface area contributed by atoms with E-state index in [1.165, 1.54) is 7.11 Å². The molecule has 1 aromatic carbocycles. The van der Waals surface area contributed by atoms with Crippen LogP contribution in [0.15, 0.2) is 30.3 Å². The fourth-order valence-electron chi connectivity index (χ4n) is 2.22. The van der Waals surface area contributed by atoms with E-state index in [1.54, 1.807) is 0 Å². The molecule has 0 bridgehead atoms. The minimum absolute atomic E-state index is 0.0465. The Morgan fingerprint density at radius 1 is 0.923 bits per heavy atom. The Morgan fingerprint density at radius 3 is 2.04 bits per heavy atom. The molecule has 1 aromatic rings. The molecule has 8 heteroatoms. The first-order chi connectivity index (χ1) is 12.4. The normalized spacial score (nSPS) is 12.4. The Labute approximate surface area is 152 Å². The molecule has 2 amide bonds. The third-order valence-electron chi connectivity index (χ3n) is 3.68. The maximum Gasteiger partial charge on any atom is 0.328 e. The van der Waals surface area contributed by atoms with Crippen LogP contribution in [0, 0.1) is 0 Å². The van der Waals surface area contributed by atoms with E-state index in [0.717, 1.165) is 12.7 Å². The summed E-state index contributed by atoms with van der Waals surface area (Å²) in [6.45, 7) is 1.84. The molecule has 0 aliphatic heterocycles. The van der Waals surface area contributed by atoms with Crippen LogP contribution in [0.25, 0.3) is 0 Å². The predicted molar refractivity (Wildman–Crippen MR) is 92.8 cm³/mol.